The molecule has 4 rings (SSSR count). The zero-order chi connectivity index (χ0) is 19.3. The van der Waals surface area contributed by atoms with E-state index in [1.165, 1.54) is 31.3 Å². The van der Waals surface area contributed by atoms with Crippen LogP contribution >= 0.6 is 0 Å². The lowest BCUT2D eigenvalue weighted by molar-refractivity contribution is 0.102. The predicted molar refractivity (Wildman–Crippen MR) is 107 cm³/mol. The molecular formula is C21H24N4O3. The number of hydrogen-bond acceptors (Lipinski definition) is 6. The van der Waals surface area contributed by atoms with E-state index in [4.69, 9.17) is 9.47 Å². The van der Waals surface area contributed by atoms with Gasteiger partial charge in [0.2, 0.25) is 12.7 Å². The first kappa shape index (κ1) is 18.3. The van der Waals surface area contributed by atoms with Crippen molar-refractivity contribution in [3.05, 3.63) is 47.3 Å². The maximum atomic E-state index is 12.6. The van der Waals surface area contributed by atoms with Gasteiger partial charge in [-0.15, -0.1) is 0 Å². The van der Waals surface area contributed by atoms with Crippen LogP contribution < -0.4 is 20.1 Å². The number of amides is 1. The van der Waals surface area contributed by atoms with Crippen LogP contribution in [0.3, 0.4) is 0 Å². The number of allylic oxidation sites excluding steroid dienone is 1. The lowest BCUT2D eigenvalue weighted by Gasteiger charge is -2.13. The molecule has 2 heterocycles. The van der Waals surface area contributed by atoms with Crippen molar-refractivity contribution < 1.29 is 14.3 Å². The Morgan fingerprint density at radius 1 is 1.14 bits per heavy atom. The molecule has 2 N–H and O–H groups in total. The minimum atomic E-state index is -0.289. The fourth-order valence-electron chi connectivity index (χ4n) is 3.40. The number of aryl methyl sites for hydroxylation is 1. The largest absolute Gasteiger partial charge is 0.454 e. The molecule has 7 heteroatoms. The van der Waals surface area contributed by atoms with Crippen LogP contribution in [0.4, 0.5) is 11.6 Å². The van der Waals surface area contributed by atoms with E-state index >= 15 is 0 Å². The van der Waals surface area contributed by atoms with Gasteiger partial charge in [-0.25, -0.2) is 9.97 Å². The van der Waals surface area contributed by atoms with Crippen molar-refractivity contribution in [1.82, 2.24) is 9.97 Å². The maximum Gasteiger partial charge on any atom is 0.274 e. The zero-order valence-corrected chi connectivity index (χ0v) is 16.0. The molecular weight excluding hydrogens is 356 g/mol. The molecule has 7 nitrogen and oxygen atoms in total. The molecule has 1 aromatic carbocycles. The van der Waals surface area contributed by atoms with Crippen LogP contribution in [0.1, 0.15) is 48.3 Å². The van der Waals surface area contributed by atoms with Crippen LogP contribution in [0.5, 0.6) is 11.5 Å². The smallest absolute Gasteiger partial charge is 0.274 e. The highest BCUT2D eigenvalue weighted by Gasteiger charge is 2.16. The summed E-state index contributed by atoms with van der Waals surface area (Å²) in [5.74, 6) is 1.49. The highest BCUT2D eigenvalue weighted by molar-refractivity contribution is 6.03. The molecule has 2 aromatic rings. The van der Waals surface area contributed by atoms with Crippen LogP contribution in [0, 0.1) is 6.92 Å². The van der Waals surface area contributed by atoms with E-state index in [1.807, 2.05) is 6.92 Å². The van der Waals surface area contributed by atoms with Crippen molar-refractivity contribution >= 4 is 17.5 Å². The van der Waals surface area contributed by atoms with E-state index in [-0.39, 0.29) is 12.7 Å². The van der Waals surface area contributed by atoms with Crippen LogP contribution in [-0.4, -0.2) is 29.2 Å². The van der Waals surface area contributed by atoms with Crippen LogP contribution in [0.25, 0.3) is 0 Å². The Bertz CT molecular complexity index is 911. The average molecular weight is 380 g/mol. The van der Waals surface area contributed by atoms with E-state index in [9.17, 15) is 4.79 Å². The molecule has 0 radical (unpaired) electrons. The van der Waals surface area contributed by atoms with Gasteiger partial charge in [0.25, 0.3) is 5.91 Å². The Morgan fingerprint density at radius 2 is 2.04 bits per heavy atom. The summed E-state index contributed by atoms with van der Waals surface area (Å²) in [5.41, 5.74) is 3.19. The van der Waals surface area contributed by atoms with Crippen molar-refractivity contribution in [3.8, 4) is 11.5 Å². The van der Waals surface area contributed by atoms with Gasteiger partial charge in [-0.2, -0.15) is 0 Å². The number of carbonyl (C=O) groups excluding carboxylic acids is 1. The van der Waals surface area contributed by atoms with E-state index in [0.717, 1.165) is 18.7 Å². The van der Waals surface area contributed by atoms with Gasteiger partial charge in [0.15, 0.2) is 11.5 Å². The van der Waals surface area contributed by atoms with E-state index in [2.05, 4.69) is 26.7 Å². The second kappa shape index (κ2) is 8.29. The van der Waals surface area contributed by atoms with E-state index in [0.29, 0.717) is 28.8 Å². The van der Waals surface area contributed by atoms with Gasteiger partial charge in [-0.05, 0) is 57.2 Å². The Labute approximate surface area is 164 Å². The molecule has 0 saturated heterocycles. The lowest BCUT2D eigenvalue weighted by Crippen LogP contribution is -2.16. The lowest BCUT2D eigenvalue weighted by atomic mass is 9.97. The topological polar surface area (TPSA) is 85.4 Å². The number of ether oxygens (including phenoxy) is 2. The molecule has 0 unspecified atom stereocenters. The summed E-state index contributed by atoms with van der Waals surface area (Å²) in [5, 5.41) is 6.09. The third kappa shape index (κ3) is 4.42. The second-order valence-corrected chi connectivity index (χ2v) is 7.03. The van der Waals surface area contributed by atoms with E-state index < -0.39 is 0 Å². The molecule has 0 saturated carbocycles. The number of aromatic nitrogens is 2. The van der Waals surface area contributed by atoms with Gasteiger partial charge in [-0.3, -0.25) is 4.79 Å². The number of nitrogens with zero attached hydrogens (tertiary/aromatic N) is 2. The standard InChI is InChI=1S/C21H24N4O3/c1-14-11-17(20(26)24-16-7-8-18-19(12-16)28-13-27-18)25-21(23-14)22-10-9-15-5-3-2-4-6-15/h5,7-8,11-12H,2-4,6,9-10,13H2,1H3,(H,24,26)(H,22,23,25). The number of rotatable bonds is 6. The summed E-state index contributed by atoms with van der Waals surface area (Å²) >= 11 is 0. The average Bonchev–Trinajstić information content (AvgIpc) is 3.16. The number of carbonyl (C=O) groups is 1. The monoisotopic (exact) mass is 380 g/mol. The van der Waals surface area contributed by atoms with Crippen LogP contribution in [0.15, 0.2) is 35.9 Å². The molecule has 0 atom stereocenters. The number of benzene rings is 1. The van der Waals surface area contributed by atoms with Gasteiger partial charge in [0, 0.05) is 24.0 Å². The Kier molecular flexibility index (Phi) is 5.41. The van der Waals surface area contributed by atoms with Gasteiger partial charge < -0.3 is 20.1 Å². The fourth-order valence-corrected chi connectivity index (χ4v) is 3.40. The van der Waals surface area contributed by atoms with Crippen molar-refractivity contribution in [2.75, 3.05) is 24.0 Å². The van der Waals surface area contributed by atoms with Crippen molar-refractivity contribution in [2.24, 2.45) is 0 Å². The summed E-state index contributed by atoms with van der Waals surface area (Å²) in [6, 6.07) is 6.97. The quantitative estimate of drug-likeness (QED) is 0.735. The Morgan fingerprint density at radius 3 is 2.89 bits per heavy atom. The molecule has 1 aliphatic heterocycles. The Balaban J connectivity index is 1.39. The van der Waals surface area contributed by atoms with Gasteiger partial charge in [0.1, 0.15) is 5.69 Å². The van der Waals surface area contributed by atoms with Crippen LogP contribution in [0.2, 0.25) is 0 Å². The second-order valence-electron chi connectivity index (χ2n) is 7.03. The predicted octanol–water partition coefficient (Wildman–Crippen LogP) is 4.07. The highest BCUT2D eigenvalue weighted by atomic mass is 16.7. The third-order valence-corrected chi connectivity index (χ3v) is 4.83. The molecule has 0 fully saturated rings. The normalized spacial score (nSPS) is 15.1. The first-order valence-electron chi connectivity index (χ1n) is 9.66. The molecule has 28 heavy (non-hydrogen) atoms. The minimum absolute atomic E-state index is 0.198. The fraction of sp³-hybridized carbons (Fsp3) is 0.381. The number of nitrogens with one attached hydrogen (secondary N) is 2. The number of hydrogen-bond donors (Lipinski definition) is 2. The molecule has 1 aromatic heterocycles. The Hall–Kier alpha value is -3.09. The van der Waals surface area contributed by atoms with Gasteiger partial charge in [-0.1, -0.05) is 11.6 Å². The summed E-state index contributed by atoms with van der Waals surface area (Å²) in [6.07, 6.45) is 8.25. The van der Waals surface area contributed by atoms with Crippen molar-refractivity contribution in [2.45, 2.75) is 39.0 Å². The summed E-state index contributed by atoms with van der Waals surface area (Å²) in [4.78, 5) is 21.4. The van der Waals surface area contributed by atoms with Crippen molar-refractivity contribution in [1.29, 1.82) is 0 Å². The summed E-state index contributed by atoms with van der Waals surface area (Å²) in [7, 11) is 0. The molecule has 0 bridgehead atoms. The van der Waals surface area contributed by atoms with Crippen LogP contribution in [-0.2, 0) is 0 Å². The summed E-state index contributed by atoms with van der Waals surface area (Å²) in [6.45, 7) is 2.82. The van der Waals surface area contributed by atoms with E-state index in [1.54, 1.807) is 24.3 Å². The molecule has 1 aliphatic carbocycles. The molecule has 2 aliphatic rings. The zero-order valence-electron chi connectivity index (χ0n) is 16.0. The highest BCUT2D eigenvalue weighted by Crippen LogP contribution is 2.34. The molecule has 146 valence electrons. The first-order chi connectivity index (χ1) is 13.7. The van der Waals surface area contributed by atoms with Gasteiger partial charge >= 0.3 is 0 Å². The molecule has 1 amide bonds. The minimum Gasteiger partial charge on any atom is -0.454 e. The van der Waals surface area contributed by atoms with Crippen molar-refractivity contribution in [3.63, 3.8) is 0 Å². The third-order valence-electron chi connectivity index (χ3n) is 4.83. The SMILES string of the molecule is Cc1cc(C(=O)Nc2ccc3c(c2)OCO3)nc(NCCC2=CCCCC2)n1. The first-order valence-corrected chi connectivity index (χ1v) is 9.66. The summed E-state index contributed by atoms with van der Waals surface area (Å²) < 4.78 is 10.6. The number of fused-ring (bicyclic) bond motifs is 1. The van der Waals surface area contributed by atoms with Gasteiger partial charge in [0.05, 0.1) is 0 Å². The number of anilines is 2. The maximum absolute atomic E-state index is 12.6. The molecule has 0 spiro atoms.